The number of ether oxygens (including phenoxy) is 2. The Morgan fingerprint density at radius 3 is 2.48 bits per heavy atom. The van der Waals surface area contributed by atoms with Gasteiger partial charge in [0.1, 0.15) is 0 Å². The Kier molecular flexibility index (Phi) is 12.9. The number of carbonyl (C=O) groups is 1. The van der Waals surface area contributed by atoms with E-state index in [0.29, 0.717) is 38.3 Å². The highest BCUT2D eigenvalue weighted by Gasteiger charge is 2.23. The van der Waals surface area contributed by atoms with Gasteiger partial charge in [0, 0.05) is 51.9 Å². The van der Waals surface area contributed by atoms with Gasteiger partial charge in [-0.25, -0.2) is 4.79 Å². The summed E-state index contributed by atoms with van der Waals surface area (Å²) < 4.78 is 11.1. The van der Waals surface area contributed by atoms with Crippen LogP contribution < -0.4 is 11.1 Å². The molecule has 0 spiro atoms. The van der Waals surface area contributed by atoms with Crippen LogP contribution in [0.5, 0.6) is 0 Å². The van der Waals surface area contributed by atoms with Gasteiger partial charge in [0.2, 0.25) is 0 Å². The third-order valence-corrected chi connectivity index (χ3v) is 6.09. The van der Waals surface area contributed by atoms with Crippen LogP contribution in [0.3, 0.4) is 0 Å². The van der Waals surface area contributed by atoms with Crippen molar-refractivity contribution in [1.29, 1.82) is 0 Å². The van der Waals surface area contributed by atoms with E-state index < -0.39 is 0 Å². The standard InChI is InChI=1S/C24H39N5O3.HI/c1-2-31-24(30)29-16-9-21(10-17-29)27-23(25)26-13-6-18-32-22-11-14-28(15-12-22)19-20-7-4-3-5-8-20;/h3-5,7-8,21-22H,2,6,9-19H2,1H3,(H3,25,26,27);1H. The molecule has 2 fully saturated rings. The van der Waals surface area contributed by atoms with Crippen LogP contribution in [0.2, 0.25) is 0 Å². The molecule has 9 heteroatoms. The van der Waals surface area contributed by atoms with Gasteiger partial charge in [-0.1, -0.05) is 30.3 Å². The highest BCUT2D eigenvalue weighted by molar-refractivity contribution is 14.0. The van der Waals surface area contributed by atoms with E-state index in [2.05, 4.69) is 45.5 Å². The number of piperidine rings is 2. The summed E-state index contributed by atoms with van der Waals surface area (Å²) in [6, 6.07) is 10.9. The molecule has 1 aromatic rings. The van der Waals surface area contributed by atoms with Gasteiger partial charge in [-0.3, -0.25) is 9.89 Å². The molecule has 0 aromatic heterocycles. The molecule has 2 aliphatic rings. The summed E-state index contributed by atoms with van der Waals surface area (Å²) in [5, 5.41) is 3.28. The third kappa shape index (κ3) is 10.1. The van der Waals surface area contributed by atoms with Gasteiger partial charge >= 0.3 is 6.09 Å². The van der Waals surface area contributed by atoms with Gasteiger partial charge in [0.05, 0.1) is 12.7 Å². The lowest BCUT2D eigenvalue weighted by molar-refractivity contribution is 0.00566. The van der Waals surface area contributed by atoms with Gasteiger partial charge < -0.3 is 25.4 Å². The van der Waals surface area contributed by atoms with Crippen molar-refractivity contribution in [2.75, 3.05) is 45.9 Å². The molecular weight excluding hydrogens is 533 g/mol. The van der Waals surface area contributed by atoms with E-state index in [4.69, 9.17) is 15.2 Å². The molecule has 2 saturated heterocycles. The minimum absolute atomic E-state index is 0. The number of benzene rings is 1. The first-order valence-electron chi connectivity index (χ1n) is 12.0. The van der Waals surface area contributed by atoms with E-state index in [9.17, 15) is 4.79 Å². The lowest BCUT2D eigenvalue weighted by atomic mass is 10.1. The van der Waals surface area contributed by atoms with Crippen LogP contribution in [-0.4, -0.2) is 79.9 Å². The summed E-state index contributed by atoms with van der Waals surface area (Å²) in [6.07, 6.45) is 4.87. The van der Waals surface area contributed by atoms with Gasteiger partial charge in [0.15, 0.2) is 5.96 Å². The summed E-state index contributed by atoms with van der Waals surface area (Å²) >= 11 is 0. The van der Waals surface area contributed by atoms with Gasteiger partial charge in [-0.2, -0.15) is 0 Å². The van der Waals surface area contributed by atoms with Gasteiger partial charge in [-0.15, -0.1) is 24.0 Å². The van der Waals surface area contributed by atoms with Gasteiger partial charge in [0.25, 0.3) is 0 Å². The maximum atomic E-state index is 11.8. The Balaban J connectivity index is 0.00000385. The molecule has 1 amide bonds. The first kappa shape index (κ1) is 27.7. The second kappa shape index (κ2) is 15.3. The average molecular weight is 574 g/mol. The molecular formula is C24H40IN5O3. The van der Waals surface area contributed by atoms with Crippen LogP contribution in [0.4, 0.5) is 4.79 Å². The summed E-state index contributed by atoms with van der Waals surface area (Å²) in [6.45, 7) is 8.18. The highest BCUT2D eigenvalue weighted by atomic mass is 127. The maximum absolute atomic E-state index is 11.8. The molecule has 8 nitrogen and oxygen atoms in total. The maximum Gasteiger partial charge on any atom is 0.409 e. The van der Waals surface area contributed by atoms with Crippen molar-refractivity contribution in [3.63, 3.8) is 0 Å². The van der Waals surface area contributed by atoms with E-state index in [-0.39, 0.29) is 36.1 Å². The molecule has 2 aliphatic heterocycles. The fraction of sp³-hybridized carbons (Fsp3) is 0.667. The van der Waals surface area contributed by atoms with Crippen molar-refractivity contribution in [2.45, 2.75) is 57.7 Å². The summed E-state index contributed by atoms with van der Waals surface area (Å²) in [4.78, 5) is 20.4. The SMILES string of the molecule is CCOC(=O)N1CCC(NC(N)=NCCCOC2CCN(Cc3ccccc3)CC2)CC1.I. The lowest BCUT2D eigenvalue weighted by Crippen LogP contribution is -2.48. The van der Waals surface area contributed by atoms with E-state index in [1.165, 1.54) is 5.56 Å². The predicted molar refractivity (Wildman–Crippen MR) is 142 cm³/mol. The third-order valence-electron chi connectivity index (χ3n) is 6.09. The molecule has 0 atom stereocenters. The van der Waals surface area contributed by atoms with Crippen molar-refractivity contribution in [1.82, 2.24) is 15.1 Å². The smallest absolute Gasteiger partial charge is 0.409 e. The molecule has 0 aliphatic carbocycles. The Morgan fingerprint density at radius 1 is 1.12 bits per heavy atom. The van der Waals surface area contributed by atoms with E-state index >= 15 is 0 Å². The van der Waals surface area contributed by atoms with Crippen LogP contribution in [0, 0.1) is 0 Å². The first-order valence-corrected chi connectivity index (χ1v) is 12.0. The molecule has 3 N–H and O–H groups in total. The van der Waals surface area contributed by atoms with Crippen LogP contribution in [-0.2, 0) is 16.0 Å². The number of nitrogens with one attached hydrogen (secondary N) is 1. The summed E-state index contributed by atoms with van der Waals surface area (Å²) in [5.74, 6) is 0.480. The quantitative estimate of drug-likeness (QED) is 0.204. The second-order valence-corrected chi connectivity index (χ2v) is 8.56. The van der Waals surface area contributed by atoms with Crippen LogP contribution in [0.25, 0.3) is 0 Å². The number of hydrogen-bond acceptors (Lipinski definition) is 5. The Labute approximate surface area is 215 Å². The highest BCUT2D eigenvalue weighted by Crippen LogP contribution is 2.16. The largest absolute Gasteiger partial charge is 0.450 e. The summed E-state index contributed by atoms with van der Waals surface area (Å²) in [5.41, 5.74) is 7.41. The molecule has 0 radical (unpaired) electrons. The minimum Gasteiger partial charge on any atom is -0.450 e. The lowest BCUT2D eigenvalue weighted by Gasteiger charge is -2.32. The molecule has 0 bridgehead atoms. The summed E-state index contributed by atoms with van der Waals surface area (Å²) in [7, 11) is 0. The monoisotopic (exact) mass is 573 g/mol. The first-order chi connectivity index (χ1) is 15.6. The molecule has 0 unspecified atom stereocenters. The number of carbonyl (C=O) groups excluding carboxylic acids is 1. The minimum atomic E-state index is -0.227. The average Bonchev–Trinajstić information content (AvgIpc) is 2.81. The zero-order valence-electron chi connectivity index (χ0n) is 19.8. The molecule has 33 heavy (non-hydrogen) atoms. The number of guanidine groups is 1. The second-order valence-electron chi connectivity index (χ2n) is 8.56. The number of hydrogen-bond donors (Lipinski definition) is 2. The Bertz CT molecular complexity index is 705. The normalized spacial score (nSPS) is 18.6. The molecule has 186 valence electrons. The zero-order chi connectivity index (χ0) is 22.6. The van der Waals surface area contributed by atoms with Crippen LogP contribution >= 0.6 is 24.0 Å². The predicted octanol–water partition coefficient (Wildman–Crippen LogP) is 3.20. The number of nitrogens with zero attached hydrogens (tertiary/aromatic N) is 3. The van der Waals surface area contributed by atoms with E-state index in [1.54, 1.807) is 4.90 Å². The number of nitrogens with two attached hydrogens (primary N) is 1. The Hall–Kier alpha value is -1.59. The number of rotatable bonds is 9. The fourth-order valence-corrected chi connectivity index (χ4v) is 4.27. The molecule has 3 rings (SSSR count). The van der Waals surface area contributed by atoms with Crippen molar-refractivity contribution >= 4 is 36.0 Å². The van der Waals surface area contributed by atoms with Crippen molar-refractivity contribution in [2.24, 2.45) is 10.7 Å². The van der Waals surface area contributed by atoms with Crippen molar-refractivity contribution in [3.8, 4) is 0 Å². The topological polar surface area (TPSA) is 92.4 Å². The Morgan fingerprint density at radius 2 is 1.82 bits per heavy atom. The number of aliphatic imine (C=N–C) groups is 1. The number of amides is 1. The van der Waals surface area contributed by atoms with Crippen molar-refractivity contribution in [3.05, 3.63) is 35.9 Å². The van der Waals surface area contributed by atoms with Crippen LogP contribution in [0.15, 0.2) is 35.3 Å². The fourth-order valence-electron chi connectivity index (χ4n) is 4.27. The van der Waals surface area contributed by atoms with Gasteiger partial charge in [-0.05, 0) is 44.6 Å². The molecule has 0 saturated carbocycles. The van der Waals surface area contributed by atoms with E-state index in [0.717, 1.165) is 58.3 Å². The number of likely N-dealkylation sites (tertiary alicyclic amines) is 2. The van der Waals surface area contributed by atoms with Crippen LogP contribution in [0.1, 0.15) is 44.6 Å². The van der Waals surface area contributed by atoms with Crippen molar-refractivity contribution < 1.29 is 14.3 Å². The molecule has 2 heterocycles. The zero-order valence-corrected chi connectivity index (χ0v) is 22.1. The van der Waals surface area contributed by atoms with E-state index in [1.807, 2.05) is 6.92 Å². The molecule has 1 aromatic carbocycles. The number of halogens is 1.